The van der Waals surface area contributed by atoms with Crippen molar-refractivity contribution >= 4 is 15.9 Å². The number of carbonyl (C=O) groups excluding carboxylic acids is 1. The topological polar surface area (TPSA) is 80.2 Å². The second kappa shape index (κ2) is 9.02. The molecule has 0 saturated carbocycles. The minimum absolute atomic E-state index is 0.0145. The monoisotopic (exact) mass is 426 g/mol. The van der Waals surface area contributed by atoms with Gasteiger partial charge >= 0.3 is 0 Å². The summed E-state index contributed by atoms with van der Waals surface area (Å²) in [6, 6.07) is 6.44. The highest BCUT2D eigenvalue weighted by atomic mass is 32.2. The number of ether oxygens (including phenoxy) is 1. The number of rotatable bonds is 7. The lowest BCUT2D eigenvalue weighted by Crippen LogP contribution is -3.16. The first-order valence-corrected chi connectivity index (χ1v) is 11.6. The molecule has 0 aliphatic carbocycles. The average Bonchev–Trinajstić information content (AvgIpc) is 2.59. The maximum Gasteiger partial charge on any atom is 0.275 e. The normalized spacial score (nSPS) is 17.2. The van der Waals surface area contributed by atoms with Gasteiger partial charge in [0, 0.05) is 5.54 Å². The number of carbonyl (C=O) groups is 1. The number of quaternary nitrogens is 1. The van der Waals surface area contributed by atoms with Crippen LogP contribution in [0.1, 0.15) is 41.0 Å². The van der Waals surface area contributed by atoms with Gasteiger partial charge in [0.05, 0.1) is 38.2 Å². The summed E-state index contributed by atoms with van der Waals surface area (Å²) in [4.78, 5) is 13.9. The predicted molar refractivity (Wildman–Crippen MR) is 114 cm³/mol. The SMILES string of the molecule is COc1ccc(S(=O)(=O)N2CC[NH+](CC(=O)NC(C)(C)CC(C)(C)C)CC2)cc1. The number of amides is 1. The Kier molecular flexibility index (Phi) is 7.35. The number of hydrogen-bond donors (Lipinski definition) is 2. The summed E-state index contributed by atoms with van der Waals surface area (Å²) in [7, 11) is -1.98. The average molecular weight is 427 g/mol. The van der Waals surface area contributed by atoms with Crippen LogP contribution >= 0.6 is 0 Å². The molecule has 1 aliphatic heterocycles. The van der Waals surface area contributed by atoms with E-state index in [1.165, 1.54) is 4.31 Å². The smallest absolute Gasteiger partial charge is 0.275 e. The van der Waals surface area contributed by atoms with Crippen molar-refractivity contribution < 1.29 is 22.8 Å². The van der Waals surface area contributed by atoms with Crippen molar-refractivity contribution in [2.75, 3.05) is 39.8 Å². The van der Waals surface area contributed by atoms with Crippen LogP contribution in [-0.4, -0.2) is 64.0 Å². The Labute approximate surface area is 175 Å². The summed E-state index contributed by atoms with van der Waals surface area (Å²) in [5, 5.41) is 3.13. The van der Waals surface area contributed by atoms with Gasteiger partial charge < -0.3 is 15.0 Å². The Balaban J connectivity index is 1.89. The van der Waals surface area contributed by atoms with Gasteiger partial charge in [-0.3, -0.25) is 4.79 Å². The Bertz CT molecular complexity index is 790. The quantitative estimate of drug-likeness (QED) is 0.679. The van der Waals surface area contributed by atoms with Crippen LogP contribution in [-0.2, 0) is 14.8 Å². The molecule has 1 aromatic rings. The fraction of sp³-hybridized carbons (Fsp3) is 0.667. The molecule has 0 bridgehead atoms. The summed E-state index contributed by atoms with van der Waals surface area (Å²) < 4.78 is 32.3. The fourth-order valence-corrected chi connectivity index (χ4v) is 5.58. The zero-order valence-corrected chi connectivity index (χ0v) is 19.4. The zero-order valence-electron chi connectivity index (χ0n) is 18.5. The van der Waals surface area contributed by atoms with Crippen molar-refractivity contribution in [2.24, 2.45) is 5.41 Å². The lowest BCUT2D eigenvalue weighted by Gasteiger charge is -2.35. The van der Waals surface area contributed by atoms with Gasteiger partial charge in [-0.25, -0.2) is 8.42 Å². The van der Waals surface area contributed by atoms with E-state index in [-0.39, 0.29) is 21.8 Å². The fourth-order valence-electron chi connectivity index (χ4n) is 4.14. The lowest BCUT2D eigenvalue weighted by atomic mass is 9.82. The van der Waals surface area contributed by atoms with E-state index in [4.69, 9.17) is 4.74 Å². The summed E-state index contributed by atoms with van der Waals surface area (Å²) in [6.45, 7) is 13.0. The number of hydrogen-bond acceptors (Lipinski definition) is 4. The number of benzene rings is 1. The highest BCUT2D eigenvalue weighted by molar-refractivity contribution is 7.89. The molecule has 1 amide bonds. The molecule has 0 aromatic heterocycles. The van der Waals surface area contributed by atoms with Gasteiger partial charge in [0.1, 0.15) is 5.75 Å². The molecule has 0 radical (unpaired) electrons. The maximum absolute atomic E-state index is 12.8. The molecule has 0 atom stereocenters. The molecule has 7 nitrogen and oxygen atoms in total. The molecule has 2 N–H and O–H groups in total. The second-order valence-corrected chi connectivity index (χ2v) is 11.6. The Morgan fingerprint density at radius 2 is 1.66 bits per heavy atom. The number of nitrogens with one attached hydrogen (secondary N) is 2. The summed E-state index contributed by atoms with van der Waals surface area (Å²) in [5.74, 6) is 0.638. The largest absolute Gasteiger partial charge is 0.497 e. The van der Waals surface area contributed by atoms with E-state index >= 15 is 0 Å². The maximum atomic E-state index is 12.8. The van der Waals surface area contributed by atoms with Crippen molar-refractivity contribution in [1.82, 2.24) is 9.62 Å². The standard InChI is InChI=1S/C21H35N3O4S/c1-20(2,3)16-21(4,5)22-19(25)15-23-11-13-24(14-12-23)29(26,27)18-9-7-17(28-6)8-10-18/h7-10H,11-16H2,1-6H3,(H,22,25)/p+1. The molecule has 1 saturated heterocycles. The minimum Gasteiger partial charge on any atom is -0.497 e. The molecular formula is C21H36N3O4S+. The van der Waals surface area contributed by atoms with Gasteiger partial charge in [-0.1, -0.05) is 20.8 Å². The van der Waals surface area contributed by atoms with Crippen molar-refractivity contribution in [3.8, 4) is 5.75 Å². The molecule has 1 aromatic carbocycles. The summed E-state index contributed by atoms with van der Waals surface area (Å²) >= 11 is 0. The van der Waals surface area contributed by atoms with Crippen molar-refractivity contribution in [1.29, 1.82) is 0 Å². The van der Waals surface area contributed by atoms with Crippen molar-refractivity contribution in [3.63, 3.8) is 0 Å². The van der Waals surface area contributed by atoms with E-state index in [1.807, 2.05) is 13.8 Å². The third kappa shape index (κ3) is 6.97. The highest BCUT2D eigenvalue weighted by Gasteiger charge is 2.32. The molecule has 1 fully saturated rings. The van der Waals surface area contributed by atoms with Crippen LogP contribution in [0.4, 0.5) is 0 Å². The summed E-state index contributed by atoms with van der Waals surface area (Å²) in [5.41, 5.74) is -0.140. The molecular weight excluding hydrogens is 390 g/mol. The minimum atomic E-state index is -3.52. The van der Waals surface area contributed by atoms with E-state index in [0.717, 1.165) is 11.3 Å². The van der Waals surface area contributed by atoms with Crippen molar-refractivity contribution in [2.45, 2.75) is 51.5 Å². The third-order valence-corrected chi connectivity index (χ3v) is 6.90. The molecule has 1 aliphatic rings. The van der Waals surface area contributed by atoms with Gasteiger partial charge in [0.2, 0.25) is 10.0 Å². The molecule has 29 heavy (non-hydrogen) atoms. The summed E-state index contributed by atoms with van der Waals surface area (Å²) in [6.07, 6.45) is 0.884. The van der Waals surface area contributed by atoms with Crippen LogP contribution in [0.3, 0.4) is 0 Å². The van der Waals surface area contributed by atoms with Gasteiger partial charge in [0.15, 0.2) is 6.54 Å². The van der Waals surface area contributed by atoms with Crippen LogP contribution in [0.5, 0.6) is 5.75 Å². The van der Waals surface area contributed by atoms with E-state index in [1.54, 1.807) is 31.4 Å². The molecule has 1 heterocycles. The number of piperazine rings is 1. The van der Waals surface area contributed by atoms with Crippen LogP contribution in [0.15, 0.2) is 29.2 Å². The number of methoxy groups -OCH3 is 1. The first-order valence-electron chi connectivity index (χ1n) is 10.1. The number of sulfonamides is 1. The van der Waals surface area contributed by atoms with Gasteiger partial charge in [-0.05, 0) is 49.9 Å². The molecule has 0 spiro atoms. The Morgan fingerprint density at radius 1 is 1.10 bits per heavy atom. The molecule has 0 unspecified atom stereocenters. The number of nitrogens with zero attached hydrogens (tertiary/aromatic N) is 1. The Hall–Kier alpha value is -1.64. The van der Waals surface area contributed by atoms with Gasteiger partial charge in [-0.2, -0.15) is 4.31 Å². The van der Waals surface area contributed by atoms with Crippen LogP contribution in [0, 0.1) is 5.41 Å². The Morgan fingerprint density at radius 3 is 2.14 bits per heavy atom. The molecule has 164 valence electrons. The highest BCUT2D eigenvalue weighted by Crippen LogP contribution is 2.26. The molecule has 2 rings (SSSR count). The van der Waals surface area contributed by atoms with Gasteiger partial charge in [0.25, 0.3) is 5.91 Å². The van der Waals surface area contributed by atoms with E-state index in [2.05, 4.69) is 26.1 Å². The van der Waals surface area contributed by atoms with Crippen LogP contribution < -0.4 is 15.0 Å². The van der Waals surface area contributed by atoms with Gasteiger partial charge in [-0.15, -0.1) is 0 Å². The molecule has 8 heteroatoms. The second-order valence-electron chi connectivity index (χ2n) is 9.68. The first kappa shape index (κ1) is 23.6. The third-order valence-electron chi connectivity index (χ3n) is 4.99. The van der Waals surface area contributed by atoms with E-state index in [9.17, 15) is 13.2 Å². The van der Waals surface area contributed by atoms with Crippen molar-refractivity contribution in [3.05, 3.63) is 24.3 Å². The predicted octanol–water partition coefficient (Wildman–Crippen LogP) is 0.915. The van der Waals surface area contributed by atoms with Crippen LogP contribution in [0.25, 0.3) is 0 Å². The van der Waals surface area contributed by atoms with E-state index < -0.39 is 10.0 Å². The first-order chi connectivity index (χ1) is 13.3. The van der Waals surface area contributed by atoms with Crippen LogP contribution in [0.2, 0.25) is 0 Å². The lowest BCUT2D eigenvalue weighted by molar-refractivity contribution is -0.895. The van der Waals surface area contributed by atoms with E-state index in [0.29, 0.717) is 38.5 Å². The zero-order chi connectivity index (χ0) is 21.9.